The summed E-state index contributed by atoms with van der Waals surface area (Å²) in [5, 5.41) is 29.4. The van der Waals surface area contributed by atoms with Crippen LogP contribution < -0.4 is 0 Å². The first-order valence-electron chi connectivity index (χ1n) is 15.3. The van der Waals surface area contributed by atoms with Gasteiger partial charge in [0.05, 0.1) is 11.2 Å². The van der Waals surface area contributed by atoms with Gasteiger partial charge in [-0.1, -0.05) is 24.3 Å². The number of nitrogens with zero attached hydrogens (tertiary/aromatic N) is 3. The lowest BCUT2D eigenvalue weighted by Gasteiger charge is -2.46. The minimum Gasteiger partial charge on any atom is -0.465 e. The fourth-order valence-corrected chi connectivity index (χ4v) is 7.14. The van der Waals surface area contributed by atoms with Crippen molar-refractivity contribution in [3.8, 4) is 28.3 Å². The lowest BCUT2D eigenvalue weighted by molar-refractivity contribution is 0.0187. The Hall–Kier alpha value is -4.29. The van der Waals surface area contributed by atoms with Crippen LogP contribution in [-0.4, -0.2) is 61.3 Å². The number of hydrogen-bond donors (Lipinski definition) is 2. The average molecular weight is 616 g/mol. The molecule has 7 nitrogen and oxygen atoms in total. The summed E-state index contributed by atoms with van der Waals surface area (Å²) in [5.41, 5.74) is 0.785. The Morgan fingerprint density at radius 3 is 2.09 bits per heavy atom. The second-order valence-electron chi connectivity index (χ2n) is 13.9. The van der Waals surface area contributed by atoms with Crippen LogP contribution in [0.3, 0.4) is 0 Å². The second-order valence-corrected chi connectivity index (χ2v) is 13.9. The van der Waals surface area contributed by atoms with E-state index >= 15 is 4.39 Å². The summed E-state index contributed by atoms with van der Waals surface area (Å²) in [6, 6.07) is 15.2. The van der Waals surface area contributed by atoms with Crippen LogP contribution in [0.2, 0.25) is 0 Å². The molecule has 2 aliphatic heterocycles. The van der Waals surface area contributed by atoms with E-state index in [1.54, 1.807) is 50.2 Å². The van der Waals surface area contributed by atoms with Gasteiger partial charge < -0.3 is 20.0 Å². The highest BCUT2D eigenvalue weighted by atomic mass is 19.1. The molecule has 0 saturated carbocycles. The normalized spacial score (nSPS) is 19.7. The number of halogens is 2. The molecular weight excluding hydrogens is 576 g/mol. The number of piperidine rings is 1. The predicted octanol–water partition coefficient (Wildman–Crippen LogP) is 7.40. The van der Waals surface area contributed by atoms with Crippen molar-refractivity contribution in [2.75, 3.05) is 0 Å². The highest BCUT2D eigenvalue weighted by Crippen LogP contribution is 2.42. The molecule has 2 amide bonds. The lowest BCUT2D eigenvalue weighted by Crippen LogP contribution is -2.58. The van der Waals surface area contributed by atoms with Crippen molar-refractivity contribution < 1.29 is 28.6 Å². The summed E-state index contributed by atoms with van der Waals surface area (Å²) < 4.78 is 30.4. The summed E-state index contributed by atoms with van der Waals surface area (Å²) in [6.45, 7) is 8.92. The van der Waals surface area contributed by atoms with E-state index in [0.717, 1.165) is 12.8 Å². The van der Waals surface area contributed by atoms with Crippen molar-refractivity contribution in [2.24, 2.45) is 0 Å². The summed E-state index contributed by atoms with van der Waals surface area (Å²) in [6.07, 6.45) is 1.92. The molecule has 2 bridgehead atoms. The zero-order valence-electron chi connectivity index (χ0n) is 26.3. The van der Waals surface area contributed by atoms with Gasteiger partial charge in [-0.15, -0.1) is 0 Å². The molecular formula is C36H39F2N3O4. The monoisotopic (exact) mass is 615 g/mol. The van der Waals surface area contributed by atoms with Gasteiger partial charge in [-0.05, 0) is 113 Å². The van der Waals surface area contributed by atoms with Crippen molar-refractivity contribution >= 4 is 12.0 Å². The standard InChI is InChI=1S/C36H39F2N3O4/c1-35(2,3)41(34(43)44)27-17-25-10-11-26(18-27)40(25)33(42)23-9-13-28(29-12-6-21(14-32(29)38)19-36(4,5)45)30(15-23)22-7-8-24(20-39)31(37)16-22/h6-9,12-16,25-27,45H,10-11,17-19H2,1-5H3,(H,43,44)/t25-,26+,27+. The molecule has 0 aromatic heterocycles. The number of amides is 2. The van der Waals surface area contributed by atoms with Crippen LogP contribution in [0.5, 0.6) is 0 Å². The van der Waals surface area contributed by atoms with Crippen LogP contribution in [0.25, 0.3) is 22.3 Å². The van der Waals surface area contributed by atoms with Gasteiger partial charge in [0.1, 0.15) is 17.7 Å². The van der Waals surface area contributed by atoms with Gasteiger partial charge in [-0.3, -0.25) is 4.79 Å². The number of benzene rings is 3. The molecule has 2 N–H and O–H groups in total. The molecule has 5 rings (SSSR count). The quantitative estimate of drug-likeness (QED) is 0.301. The molecule has 0 aliphatic carbocycles. The van der Waals surface area contributed by atoms with Crippen LogP contribution in [0.15, 0.2) is 54.6 Å². The van der Waals surface area contributed by atoms with Crippen LogP contribution in [0.4, 0.5) is 13.6 Å². The number of hydrogen-bond acceptors (Lipinski definition) is 4. The van der Waals surface area contributed by atoms with Gasteiger partial charge in [-0.25, -0.2) is 13.6 Å². The van der Waals surface area contributed by atoms with E-state index in [4.69, 9.17) is 0 Å². The molecule has 3 atom stereocenters. The topological polar surface area (TPSA) is 105 Å². The summed E-state index contributed by atoms with van der Waals surface area (Å²) in [7, 11) is 0. The third-order valence-electron chi connectivity index (χ3n) is 8.86. The van der Waals surface area contributed by atoms with Crippen LogP contribution in [0.1, 0.15) is 81.8 Å². The average Bonchev–Trinajstić information content (AvgIpc) is 3.20. The largest absolute Gasteiger partial charge is 0.465 e. The van der Waals surface area contributed by atoms with Gasteiger partial charge in [0.15, 0.2) is 0 Å². The molecule has 0 radical (unpaired) electrons. The molecule has 2 fully saturated rings. The number of carbonyl (C=O) groups excluding carboxylic acids is 1. The van der Waals surface area contributed by atoms with Crippen LogP contribution in [-0.2, 0) is 6.42 Å². The Balaban J connectivity index is 1.53. The highest BCUT2D eigenvalue weighted by Gasteiger charge is 2.47. The maximum Gasteiger partial charge on any atom is 0.407 e. The van der Waals surface area contributed by atoms with Crippen molar-refractivity contribution in [3.63, 3.8) is 0 Å². The molecule has 0 unspecified atom stereocenters. The van der Waals surface area contributed by atoms with E-state index in [1.165, 1.54) is 23.1 Å². The molecule has 2 heterocycles. The van der Waals surface area contributed by atoms with Gasteiger partial charge in [0.2, 0.25) is 0 Å². The number of aliphatic hydroxyl groups is 1. The van der Waals surface area contributed by atoms with Crippen molar-refractivity contribution in [2.45, 2.75) is 96.0 Å². The third-order valence-corrected chi connectivity index (χ3v) is 8.86. The Morgan fingerprint density at radius 1 is 0.911 bits per heavy atom. The van der Waals surface area contributed by atoms with E-state index in [2.05, 4.69) is 0 Å². The zero-order chi connectivity index (χ0) is 32.8. The molecule has 0 spiro atoms. The van der Waals surface area contributed by atoms with Crippen molar-refractivity contribution in [3.05, 3.63) is 82.9 Å². The van der Waals surface area contributed by atoms with E-state index < -0.39 is 28.9 Å². The Bertz CT molecular complexity index is 1670. The molecule has 3 aromatic carbocycles. The molecule has 9 heteroatoms. The van der Waals surface area contributed by atoms with Crippen molar-refractivity contribution in [1.29, 1.82) is 5.26 Å². The third kappa shape index (κ3) is 6.57. The van der Waals surface area contributed by atoms with Crippen LogP contribution in [0, 0.1) is 23.0 Å². The molecule has 45 heavy (non-hydrogen) atoms. The predicted molar refractivity (Wildman–Crippen MR) is 168 cm³/mol. The minimum absolute atomic E-state index is 0.123. The fraction of sp³-hybridized carbons (Fsp3) is 0.417. The molecule has 3 aromatic rings. The van der Waals surface area contributed by atoms with Crippen molar-refractivity contribution in [1.82, 2.24) is 9.80 Å². The fourth-order valence-electron chi connectivity index (χ4n) is 7.14. The maximum atomic E-state index is 15.6. The number of fused-ring (bicyclic) bond motifs is 2. The van der Waals surface area contributed by atoms with E-state index in [-0.39, 0.29) is 41.6 Å². The van der Waals surface area contributed by atoms with Gasteiger partial charge in [-0.2, -0.15) is 5.26 Å². The number of carbonyl (C=O) groups is 2. The van der Waals surface area contributed by atoms with E-state index in [1.807, 2.05) is 31.7 Å². The Kier molecular flexibility index (Phi) is 8.49. The van der Waals surface area contributed by atoms with E-state index in [9.17, 15) is 29.5 Å². The zero-order valence-corrected chi connectivity index (χ0v) is 26.3. The number of nitriles is 1. The smallest absolute Gasteiger partial charge is 0.407 e. The Morgan fingerprint density at radius 2 is 1.56 bits per heavy atom. The maximum absolute atomic E-state index is 15.6. The minimum atomic E-state index is -1.02. The first kappa shape index (κ1) is 32.1. The van der Waals surface area contributed by atoms with Crippen LogP contribution >= 0.6 is 0 Å². The highest BCUT2D eigenvalue weighted by molar-refractivity contribution is 5.98. The first-order valence-corrected chi connectivity index (χ1v) is 15.3. The summed E-state index contributed by atoms with van der Waals surface area (Å²) >= 11 is 0. The lowest BCUT2D eigenvalue weighted by atomic mass is 9.89. The number of carboxylic acid groups (broad SMARTS) is 1. The summed E-state index contributed by atoms with van der Waals surface area (Å²) in [4.78, 5) is 29.6. The Labute approximate surface area is 262 Å². The number of rotatable bonds is 6. The summed E-state index contributed by atoms with van der Waals surface area (Å²) in [5.74, 6) is -1.45. The van der Waals surface area contributed by atoms with Gasteiger partial charge in [0.25, 0.3) is 5.91 Å². The van der Waals surface area contributed by atoms with E-state index in [0.29, 0.717) is 40.7 Å². The van der Waals surface area contributed by atoms with Gasteiger partial charge in [0, 0.05) is 41.2 Å². The SMILES string of the molecule is CC(C)(O)Cc1ccc(-c2ccc(C(=O)N3[C@@H]4CC[C@H]3C[C@@H](N(C(=O)O)C(C)(C)C)C4)cc2-c2ccc(C#N)c(F)c2)c(F)c1. The molecule has 2 saturated heterocycles. The molecule has 236 valence electrons. The second kappa shape index (κ2) is 11.9. The molecule has 2 aliphatic rings. The first-order chi connectivity index (χ1) is 21.1. The van der Waals surface area contributed by atoms with Gasteiger partial charge >= 0.3 is 6.09 Å².